The summed E-state index contributed by atoms with van der Waals surface area (Å²) < 4.78 is 0. The number of nitrogens with one attached hydrogen (secondary N) is 1. The predicted molar refractivity (Wildman–Crippen MR) is 132 cm³/mol. The van der Waals surface area contributed by atoms with Crippen LogP contribution in [0.3, 0.4) is 0 Å². The lowest BCUT2D eigenvalue weighted by molar-refractivity contribution is -0.0542. The standard InChI is InChI=1S/C27H26N4O4/c1-17(2)15-30(26(33)34)25-28-22-13-12-19(14-23(22)29-25)27(35)21-11-7-6-10-20(21)24(32)31(27)16-18-8-4-3-5-9-18/h3-14,17,35H,15-16H2,1-2H3,(H,28,29)(H,33,34). The first kappa shape index (κ1) is 22.6. The maximum absolute atomic E-state index is 13.4. The molecule has 4 aromatic rings. The maximum Gasteiger partial charge on any atom is 0.414 e. The minimum Gasteiger partial charge on any atom is -0.465 e. The Bertz CT molecular complexity index is 1420. The minimum absolute atomic E-state index is 0.114. The number of benzene rings is 3. The molecule has 0 bridgehead atoms. The molecule has 8 heteroatoms. The molecule has 35 heavy (non-hydrogen) atoms. The number of carboxylic acid groups (broad SMARTS) is 1. The van der Waals surface area contributed by atoms with Gasteiger partial charge in [0, 0.05) is 29.8 Å². The van der Waals surface area contributed by atoms with E-state index in [4.69, 9.17) is 0 Å². The summed E-state index contributed by atoms with van der Waals surface area (Å²) in [5.74, 6) is 0.0706. The van der Waals surface area contributed by atoms with Gasteiger partial charge in [-0.25, -0.2) is 14.7 Å². The summed E-state index contributed by atoms with van der Waals surface area (Å²) in [6, 6.07) is 21.8. The van der Waals surface area contributed by atoms with E-state index < -0.39 is 11.8 Å². The molecule has 0 aliphatic carbocycles. The maximum atomic E-state index is 13.4. The molecular formula is C27H26N4O4. The van der Waals surface area contributed by atoms with Gasteiger partial charge in [0.25, 0.3) is 5.91 Å². The van der Waals surface area contributed by atoms with Gasteiger partial charge in [0.15, 0.2) is 5.72 Å². The number of carbonyl (C=O) groups excluding carboxylic acids is 1. The van der Waals surface area contributed by atoms with Gasteiger partial charge in [-0.1, -0.05) is 68.4 Å². The summed E-state index contributed by atoms with van der Waals surface area (Å²) in [6.45, 7) is 4.37. The van der Waals surface area contributed by atoms with Crippen LogP contribution in [0.5, 0.6) is 0 Å². The molecule has 1 aliphatic heterocycles. The number of carbonyl (C=O) groups is 2. The third-order valence-corrected chi connectivity index (χ3v) is 6.26. The number of imidazole rings is 1. The van der Waals surface area contributed by atoms with Crippen LogP contribution >= 0.6 is 0 Å². The van der Waals surface area contributed by atoms with E-state index in [9.17, 15) is 19.8 Å². The van der Waals surface area contributed by atoms with Crippen molar-refractivity contribution in [1.29, 1.82) is 0 Å². The van der Waals surface area contributed by atoms with Crippen molar-refractivity contribution in [3.05, 3.63) is 95.1 Å². The Morgan fingerprint density at radius 1 is 1.09 bits per heavy atom. The predicted octanol–water partition coefficient (Wildman–Crippen LogP) is 4.55. The lowest BCUT2D eigenvalue weighted by Gasteiger charge is -2.35. The number of hydrogen-bond acceptors (Lipinski definition) is 4. The van der Waals surface area contributed by atoms with Crippen molar-refractivity contribution >= 4 is 29.0 Å². The molecule has 2 amide bonds. The van der Waals surface area contributed by atoms with Gasteiger partial charge < -0.3 is 15.2 Å². The Labute approximate surface area is 202 Å². The highest BCUT2D eigenvalue weighted by molar-refractivity contribution is 6.00. The number of fused-ring (bicyclic) bond motifs is 2. The molecule has 0 saturated heterocycles. The summed E-state index contributed by atoms with van der Waals surface area (Å²) in [7, 11) is 0. The van der Waals surface area contributed by atoms with Crippen LogP contribution in [-0.4, -0.2) is 43.6 Å². The first-order chi connectivity index (χ1) is 16.8. The average Bonchev–Trinajstić information content (AvgIpc) is 3.36. The number of hydrogen-bond donors (Lipinski definition) is 3. The van der Waals surface area contributed by atoms with Gasteiger partial charge in [-0.3, -0.25) is 9.69 Å². The molecule has 3 aromatic carbocycles. The van der Waals surface area contributed by atoms with Gasteiger partial charge in [0.1, 0.15) is 0 Å². The largest absolute Gasteiger partial charge is 0.465 e. The zero-order valence-electron chi connectivity index (χ0n) is 19.5. The number of aromatic nitrogens is 2. The molecule has 1 unspecified atom stereocenters. The Morgan fingerprint density at radius 2 is 1.80 bits per heavy atom. The monoisotopic (exact) mass is 470 g/mol. The third kappa shape index (κ3) is 3.81. The molecule has 1 aliphatic rings. The fourth-order valence-corrected chi connectivity index (χ4v) is 4.63. The molecule has 2 heterocycles. The van der Waals surface area contributed by atoms with Crippen LogP contribution in [0, 0.1) is 5.92 Å². The average molecular weight is 471 g/mol. The van der Waals surface area contributed by atoms with Crippen molar-refractivity contribution in [1.82, 2.24) is 14.9 Å². The minimum atomic E-state index is -1.71. The lowest BCUT2D eigenvalue weighted by atomic mass is 9.93. The topological polar surface area (TPSA) is 110 Å². The molecule has 8 nitrogen and oxygen atoms in total. The van der Waals surface area contributed by atoms with Gasteiger partial charge in [0.2, 0.25) is 5.95 Å². The molecule has 0 radical (unpaired) electrons. The van der Waals surface area contributed by atoms with E-state index in [0.29, 0.717) is 34.3 Å². The Kier molecular flexibility index (Phi) is 5.53. The second-order valence-electron chi connectivity index (χ2n) is 9.17. The van der Waals surface area contributed by atoms with Crippen LogP contribution in [-0.2, 0) is 12.3 Å². The number of anilines is 1. The molecule has 0 saturated carbocycles. The van der Waals surface area contributed by atoms with E-state index in [1.54, 1.807) is 42.5 Å². The third-order valence-electron chi connectivity index (χ3n) is 6.26. The molecular weight excluding hydrogens is 444 g/mol. The van der Waals surface area contributed by atoms with Crippen molar-refractivity contribution in [2.24, 2.45) is 5.92 Å². The number of nitrogens with zero attached hydrogens (tertiary/aromatic N) is 3. The van der Waals surface area contributed by atoms with E-state index in [-0.39, 0.29) is 24.3 Å². The molecule has 178 valence electrons. The molecule has 3 N–H and O–H groups in total. The molecule has 0 spiro atoms. The fourth-order valence-electron chi connectivity index (χ4n) is 4.63. The smallest absolute Gasteiger partial charge is 0.414 e. The van der Waals surface area contributed by atoms with Crippen LogP contribution in [0.4, 0.5) is 10.7 Å². The first-order valence-corrected chi connectivity index (χ1v) is 11.5. The molecule has 1 atom stereocenters. The number of H-pyrrole nitrogens is 1. The highest BCUT2D eigenvalue weighted by atomic mass is 16.4. The molecule has 1 aromatic heterocycles. The van der Waals surface area contributed by atoms with Crippen molar-refractivity contribution in [3.8, 4) is 0 Å². The van der Waals surface area contributed by atoms with Gasteiger partial charge in [-0.15, -0.1) is 0 Å². The summed E-state index contributed by atoms with van der Waals surface area (Å²) in [5, 5.41) is 21.8. The fraction of sp³-hybridized carbons (Fsp3) is 0.222. The SMILES string of the molecule is CC(C)CN(C(=O)O)c1nc2cc(C3(O)c4ccccc4C(=O)N3Cc3ccccc3)ccc2[nH]1. The second-order valence-corrected chi connectivity index (χ2v) is 9.17. The second kappa shape index (κ2) is 8.56. The van der Waals surface area contributed by atoms with Crippen LogP contribution in [0.2, 0.25) is 0 Å². The Hall–Kier alpha value is -4.17. The van der Waals surface area contributed by atoms with Crippen LogP contribution in [0.1, 0.15) is 40.9 Å². The summed E-state index contributed by atoms with van der Waals surface area (Å²) in [4.78, 5) is 35.4. The van der Waals surface area contributed by atoms with Gasteiger partial charge in [0.05, 0.1) is 11.0 Å². The van der Waals surface area contributed by atoms with Crippen molar-refractivity contribution in [2.75, 3.05) is 11.4 Å². The van der Waals surface area contributed by atoms with Crippen LogP contribution in [0.15, 0.2) is 72.8 Å². The van der Waals surface area contributed by atoms with Gasteiger partial charge >= 0.3 is 6.09 Å². The molecule has 0 fully saturated rings. The number of rotatable bonds is 6. The van der Waals surface area contributed by atoms with Crippen molar-refractivity contribution in [2.45, 2.75) is 26.1 Å². The van der Waals surface area contributed by atoms with E-state index in [1.165, 1.54) is 9.80 Å². The zero-order valence-corrected chi connectivity index (χ0v) is 19.5. The summed E-state index contributed by atoms with van der Waals surface area (Å²) >= 11 is 0. The van der Waals surface area contributed by atoms with Crippen molar-refractivity contribution < 1.29 is 19.8 Å². The van der Waals surface area contributed by atoms with Crippen molar-refractivity contribution in [3.63, 3.8) is 0 Å². The highest BCUT2D eigenvalue weighted by Crippen LogP contribution is 2.43. The van der Waals surface area contributed by atoms with Gasteiger partial charge in [-0.05, 0) is 29.7 Å². The zero-order chi connectivity index (χ0) is 24.7. The highest BCUT2D eigenvalue weighted by Gasteiger charge is 2.49. The number of aromatic amines is 1. The van der Waals surface area contributed by atoms with E-state index in [0.717, 1.165) is 5.56 Å². The summed E-state index contributed by atoms with van der Waals surface area (Å²) in [6.07, 6.45) is -1.10. The number of aliphatic hydroxyl groups is 1. The van der Waals surface area contributed by atoms with E-state index in [2.05, 4.69) is 9.97 Å². The number of amides is 2. The lowest BCUT2D eigenvalue weighted by Crippen LogP contribution is -2.44. The molecule has 5 rings (SSSR count). The van der Waals surface area contributed by atoms with Crippen LogP contribution in [0.25, 0.3) is 11.0 Å². The quantitative estimate of drug-likeness (QED) is 0.383. The first-order valence-electron chi connectivity index (χ1n) is 11.5. The summed E-state index contributed by atoms with van der Waals surface area (Å²) in [5.41, 5.74) is 1.74. The van der Waals surface area contributed by atoms with E-state index in [1.807, 2.05) is 44.2 Å². The van der Waals surface area contributed by atoms with Crippen LogP contribution < -0.4 is 4.90 Å². The Balaban J connectivity index is 1.61. The van der Waals surface area contributed by atoms with E-state index >= 15 is 0 Å². The Morgan fingerprint density at radius 3 is 2.51 bits per heavy atom. The normalized spacial score (nSPS) is 17.3. The van der Waals surface area contributed by atoms with Gasteiger partial charge in [-0.2, -0.15) is 0 Å².